The maximum Gasteiger partial charge on any atom is 0.411 e. The molecule has 1 aliphatic carbocycles. The largest absolute Gasteiger partial charge is 0.464 e. The highest BCUT2D eigenvalue weighted by Gasteiger charge is 2.65. The van der Waals surface area contributed by atoms with Gasteiger partial charge in [0.2, 0.25) is 6.04 Å². The molecular weight excluding hydrogens is 412 g/mol. The first kappa shape index (κ1) is 24.0. The number of hydrogen-bond acceptors (Lipinski definition) is 6. The molecule has 4 atom stereocenters. The van der Waals surface area contributed by atoms with Crippen LogP contribution in [0, 0.1) is 21.4 Å². The molecule has 8 heteroatoms. The number of ether oxygens (including phenoxy) is 2. The van der Waals surface area contributed by atoms with Gasteiger partial charge in [-0.15, -0.1) is 0 Å². The summed E-state index contributed by atoms with van der Waals surface area (Å²) in [6.45, 7) is 10.8. The Kier molecular flexibility index (Phi) is 6.81. The Labute approximate surface area is 189 Å². The van der Waals surface area contributed by atoms with Crippen molar-refractivity contribution < 1.29 is 24.0 Å². The van der Waals surface area contributed by atoms with Crippen LogP contribution in [-0.2, 0) is 14.3 Å². The topological polar surface area (TPSA) is 99.0 Å². The average molecular weight is 447 g/mol. The minimum atomic E-state index is -1.18. The van der Waals surface area contributed by atoms with Crippen molar-refractivity contribution in [1.29, 1.82) is 0 Å². The molecule has 0 aromatic heterocycles. The average Bonchev–Trinajstić information content (AvgIpc) is 3.45. The van der Waals surface area contributed by atoms with E-state index in [4.69, 9.17) is 9.47 Å². The Morgan fingerprint density at radius 3 is 2.25 bits per heavy atom. The van der Waals surface area contributed by atoms with Gasteiger partial charge >= 0.3 is 12.1 Å². The highest BCUT2D eigenvalue weighted by molar-refractivity contribution is 5.83. The maximum absolute atomic E-state index is 13.4. The predicted molar refractivity (Wildman–Crippen MR) is 119 cm³/mol. The molecule has 176 valence electrons. The maximum atomic E-state index is 13.4. The summed E-state index contributed by atoms with van der Waals surface area (Å²) in [7, 11) is 0. The van der Waals surface area contributed by atoms with Gasteiger partial charge in [-0.2, -0.15) is 0 Å². The van der Waals surface area contributed by atoms with Crippen LogP contribution in [0.2, 0.25) is 0 Å². The number of amides is 1. The van der Waals surface area contributed by atoms with Gasteiger partial charge in [0.05, 0.1) is 18.6 Å². The first-order valence-corrected chi connectivity index (χ1v) is 11.4. The van der Waals surface area contributed by atoms with E-state index >= 15 is 0 Å². The lowest BCUT2D eigenvalue weighted by molar-refractivity contribution is -0.536. The first-order chi connectivity index (χ1) is 15.0. The molecule has 1 saturated heterocycles. The molecule has 8 nitrogen and oxygen atoms in total. The van der Waals surface area contributed by atoms with E-state index in [9.17, 15) is 19.7 Å². The van der Waals surface area contributed by atoms with Crippen molar-refractivity contribution in [3.8, 4) is 0 Å². The predicted octanol–water partition coefficient (Wildman–Crippen LogP) is 4.71. The fraction of sp³-hybridized carbons (Fsp3) is 0.667. The lowest BCUT2D eigenvalue weighted by Gasteiger charge is -2.33. The van der Waals surface area contributed by atoms with Gasteiger partial charge in [0.1, 0.15) is 12.1 Å². The van der Waals surface area contributed by atoms with Crippen molar-refractivity contribution in [3.63, 3.8) is 0 Å². The van der Waals surface area contributed by atoms with E-state index in [0.29, 0.717) is 5.92 Å². The standard InChI is InChI=1S/C24H34N2O6/c1-7-31-22(27)21-18(24(4,5)6)20(26(29)30)19(25(21)23(28)32-14(2)3)17-11-9-8-10-16(17)15-12-13-15/h8-11,14-15,18-21H,7,12-13H2,1-6H3/t18-,19-,20-,21-/m0/s1. The summed E-state index contributed by atoms with van der Waals surface area (Å²) >= 11 is 0. The lowest BCUT2D eigenvalue weighted by Crippen LogP contribution is -2.48. The van der Waals surface area contributed by atoms with Gasteiger partial charge in [-0.1, -0.05) is 45.0 Å². The number of nitro groups is 1. The molecule has 0 spiro atoms. The fourth-order valence-corrected chi connectivity index (χ4v) is 4.98. The summed E-state index contributed by atoms with van der Waals surface area (Å²) in [5.41, 5.74) is 1.08. The monoisotopic (exact) mass is 446 g/mol. The Hall–Kier alpha value is -2.64. The molecule has 32 heavy (non-hydrogen) atoms. The fourth-order valence-electron chi connectivity index (χ4n) is 4.98. The lowest BCUT2D eigenvalue weighted by atomic mass is 9.72. The molecule has 2 aliphatic rings. The zero-order chi connectivity index (χ0) is 23.8. The molecule has 0 unspecified atom stereocenters. The molecule has 0 N–H and O–H groups in total. The second-order valence-corrected chi connectivity index (χ2v) is 10.1. The number of rotatable bonds is 6. The van der Waals surface area contributed by atoms with Crippen LogP contribution in [0.4, 0.5) is 4.79 Å². The quantitative estimate of drug-likeness (QED) is 0.357. The van der Waals surface area contributed by atoms with Crippen LogP contribution in [0.1, 0.15) is 77.5 Å². The van der Waals surface area contributed by atoms with E-state index in [-0.39, 0.29) is 11.5 Å². The van der Waals surface area contributed by atoms with Gasteiger partial charge < -0.3 is 9.47 Å². The third-order valence-electron chi connectivity index (χ3n) is 6.28. The number of carbonyl (C=O) groups excluding carboxylic acids is 2. The van der Waals surface area contributed by atoms with E-state index in [1.54, 1.807) is 20.8 Å². The third-order valence-corrected chi connectivity index (χ3v) is 6.28. The molecule has 1 aromatic carbocycles. The highest BCUT2D eigenvalue weighted by Crippen LogP contribution is 2.52. The Bertz CT molecular complexity index is 873. The molecular formula is C24H34N2O6. The van der Waals surface area contributed by atoms with Crippen LogP contribution in [0.15, 0.2) is 24.3 Å². The van der Waals surface area contributed by atoms with Gasteiger partial charge in [-0.3, -0.25) is 15.0 Å². The molecule has 1 aromatic rings. The summed E-state index contributed by atoms with van der Waals surface area (Å²) in [4.78, 5) is 40.0. The normalized spacial score (nSPS) is 25.7. The van der Waals surface area contributed by atoms with Crippen molar-refractivity contribution in [2.24, 2.45) is 11.3 Å². The number of likely N-dealkylation sites (tertiary alicyclic amines) is 1. The number of esters is 1. The number of benzene rings is 1. The Balaban J connectivity index is 2.25. The van der Waals surface area contributed by atoms with Crippen LogP contribution in [-0.4, -0.2) is 46.7 Å². The van der Waals surface area contributed by atoms with Gasteiger partial charge in [0.15, 0.2) is 0 Å². The molecule has 2 fully saturated rings. The van der Waals surface area contributed by atoms with Crippen LogP contribution in [0.25, 0.3) is 0 Å². The second kappa shape index (κ2) is 9.08. The Morgan fingerprint density at radius 1 is 1.19 bits per heavy atom. The van der Waals surface area contributed by atoms with Crippen LogP contribution >= 0.6 is 0 Å². The smallest absolute Gasteiger partial charge is 0.411 e. The van der Waals surface area contributed by atoms with Crippen LogP contribution in [0.3, 0.4) is 0 Å². The number of nitrogens with zero attached hydrogens (tertiary/aromatic N) is 2. The minimum Gasteiger partial charge on any atom is -0.464 e. The summed E-state index contributed by atoms with van der Waals surface area (Å²) in [6, 6.07) is 4.34. The van der Waals surface area contributed by atoms with E-state index in [2.05, 4.69) is 0 Å². The zero-order valence-corrected chi connectivity index (χ0v) is 19.7. The van der Waals surface area contributed by atoms with Crippen molar-refractivity contribution >= 4 is 12.1 Å². The molecule has 1 heterocycles. The molecule has 1 amide bonds. The van der Waals surface area contributed by atoms with E-state index < -0.39 is 47.6 Å². The van der Waals surface area contributed by atoms with E-state index in [1.807, 2.05) is 45.0 Å². The highest BCUT2D eigenvalue weighted by atomic mass is 16.6. The summed E-state index contributed by atoms with van der Waals surface area (Å²) < 4.78 is 10.8. The molecule has 1 saturated carbocycles. The third kappa shape index (κ3) is 4.59. The SMILES string of the molecule is CCOC(=O)[C@@H]1[C@@H](C(C)(C)C)[C@H]([N+](=O)[O-])[C@H](c2ccccc2C2CC2)N1C(=O)OC(C)C. The summed E-state index contributed by atoms with van der Waals surface area (Å²) in [6.07, 6.45) is 0.848. The van der Waals surface area contributed by atoms with Crippen molar-refractivity contribution in [2.75, 3.05) is 6.61 Å². The molecule has 1 aliphatic heterocycles. The van der Waals surface area contributed by atoms with Crippen molar-refractivity contribution in [2.45, 2.75) is 84.5 Å². The minimum absolute atomic E-state index is 0.117. The van der Waals surface area contributed by atoms with Gasteiger partial charge in [0.25, 0.3) is 0 Å². The first-order valence-electron chi connectivity index (χ1n) is 11.4. The number of hydrogen-bond donors (Lipinski definition) is 0. The van der Waals surface area contributed by atoms with E-state index in [1.165, 1.54) is 4.90 Å². The Morgan fingerprint density at radius 2 is 1.78 bits per heavy atom. The van der Waals surface area contributed by atoms with Gasteiger partial charge in [-0.05, 0) is 56.1 Å². The van der Waals surface area contributed by atoms with Crippen LogP contribution in [0.5, 0.6) is 0 Å². The van der Waals surface area contributed by atoms with Gasteiger partial charge in [0, 0.05) is 4.92 Å². The summed E-state index contributed by atoms with van der Waals surface area (Å²) in [5.74, 6) is -1.07. The molecule has 0 bridgehead atoms. The van der Waals surface area contributed by atoms with Gasteiger partial charge in [-0.25, -0.2) is 9.59 Å². The van der Waals surface area contributed by atoms with Crippen molar-refractivity contribution in [1.82, 2.24) is 4.90 Å². The number of carbonyl (C=O) groups is 2. The molecule has 3 rings (SSSR count). The molecule has 0 radical (unpaired) electrons. The summed E-state index contributed by atoms with van der Waals surface area (Å²) in [5, 5.41) is 12.5. The zero-order valence-electron chi connectivity index (χ0n) is 19.7. The van der Waals surface area contributed by atoms with E-state index in [0.717, 1.165) is 24.0 Å². The second-order valence-electron chi connectivity index (χ2n) is 10.1. The van der Waals surface area contributed by atoms with Crippen LogP contribution < -0.4 is 0 Å². The van der Waals surface area contributed by atoms with Crippen molar-refractivity contribution in [3.05, 3.63) is 45.5 Å².